The summed E-state index contributed by atoms with van der Waals surface area (Å²) in [7, 11) is 0. The summed E-state index contributed by atoms with van der Waals surface area (Å²) in [6.07, 6.45) is 4.57. The van der Waals surface area contributed by atoms with Crippen molar-refractivity contribution in [3.05, 3.63) is 30.1 Å². The van der Waals surface area contributed by atoms with Crippen LogP contribution in [0.5, 0.6) is 0 Å². The van der Waals surface area contributed by atoms with Crippen LogP contribution >= 0.6 is 0 Å². The van der Waals surface area contributed by atoms with Crippen LogP contribution in [0.4, 0.5) is 0 Å². The third kappa shape index (κ3) is 4.44. The van der Waals surface area contributed by atoms with Crippen molar-refractivity contribution in [1.82, 2.24) is 15.2 Å². The monoisotopic (exact) mass is 233 g/mol. The van der Waals surface area contributed by atoms with Crippen molar-refractivity contribution < 1.29 is 0 Å². The summed E-state index contributed by atoms with van der Waals surface area (Å²) in [6, 6.07) is 6.06. The van der Waals surface area contributed by atoms with Crippen LogP contribution in [0.25, 0.3) is 0 Å². The van der Waals surface area contributed by atoms with Gasteiger partial charge in [0, 0.05) is 25.8 Å². The first kappa shape index (κ1) is 12.5. The number of rotatable bonds is 5. The van der Waals surface area contributed by atoms with Gasteiger partial charge in [-0.15, -0.1) is 0 Å². The van der Waals surface area contributed by atoms with Gasteiger partial charge in [-0.3, -0.25) is 4.98 Å². The van der Waals surface area contributed by atoms with Gasteiger partial charge < -0.3 is 10.2 Å². The number of hydrogen-bond donors (Lipinski definition) is 1. The average molecular weight is 233 g/mol. The predicted octanol–water partition coefficient (Wildman–Crippen LogP) is 1.90. The number of hydrogen-bond acceptors (Lipinski definition) is 3. The Morgan fingerprint density at radius 1 is 1.35 bits per heavy atom. The summed E-state index contributed by atoms with van der Waals surface area (Å²) in [5.74, 6) is 0.924. The number of nitrogens with one attached hydrogen (secondary N) is 1. The van der Waals surface area contributed by atoms with Crippen molar-refractivity contribution in [3.8, 4) is 0 Å². The van der Waals surface area contributed by atoms with Gasteiger partial charge in [0.25, 0.3) is 0 Å². The summed E-state index contributed by atoms with van der Waals surface area (Å²) in [6.45, 7) is 8.01. The molecule has 2 rings (SSSR count). The molecule has 1 aromatic heterocycles. The number of aromatic nitrogens is 1. The van der Waals surface area contributed by atoms with Crippen LogP contribution in [0.1, 0.15) is 25.5 Å². The number of likely N-dealkylation sites (tertiary alicyclic amines) is 1. The minimum Gasteiger partial charge on any atom is -0.310 e. The van der Waals surface area contributed by atoms with Crippen LogP contribution in [0.3, 0.4) is 0 Å². The highest BCUT2D eigenvalue weighted by atomic mass is 15.1. The second kappa shape index (κ2) is 6.72. The first-order valence-electron chi connectivity index (χ1n) is 6.67. The Morgan fingerprint density at radius 3 is 2.88 bits per heavy atom. The Labute approximate surface area is 104 Å². The van der Waals surface area contributed by atoms with Gasteiger partial charge >= 0.3 is 0 Å². The molecule has 1 fully saturated rings. The molecule has 94 valence electrons. The van der Waals surface area contributed by atoms with Gasteiger partial charge in [0.1, 0.15) is 0 Å². The molecule has 3 nitrogen and oxygen atoms in total. The van der Waals surface area contributed by atoms with E-state index in [0.29, 0.717) is 0 Å². The van der Waals surface area contributed by atoms with E-state index in [1.54, 1.807) is 0 Å². The highest BCUT2D eigenvalue weighted by molar-refractivity contribution is 5.02. The molecule has 0 radical (unpaired) electrons. The Bertz CT molecular complexity index is 305. The molecule has 1 saturated heterocycles. The van der Waals surface area contributed by atoms with Gasteiger partial charge in [0.05, 0.1) is 5.69 Å². The van der Waals surface area contributed by atoms with Crippen molar-refractivity contribution in [2.75, 3.05) is 26.2 Å². The standard InChI is InChI=1S/C14H23N3/c1-13-5-9-17(10-6-13)11-8-15-12-14-4-2-3-7-16-14/h2-4,7,13,15H,5-6,8-12H2,1H3. The zero-order valence-corrected chi connectivity index (χ0v) is 10.7. The maximum atomic E-state index is 4.30. The zero-order valence-electron chi connectivity index (χ0n) is 10.7. The number of pyridine rings is 1. The largest absolute Gasteiger partial charge is 0.310 e. The molecular weight excluding hydrogens is 210 g/mol. The number of piperidine rings is 1. The molecule has 0 aromatic carbocycles. The van der Waals surface area contributed by atoms with Crippen LogP contribution in [0, 0.1) is 5.92 Å². The van der Waals surface area contributed by atoms with E-state index < -0.39 is 0 Å². The molecule has 1 aliphatic heterocycles. The van der Waals surface area contributed by atoms with Crippen molar-refractivity contribution >= 4 is 0 Å². The Morgan fingerprint density at radius 2 is 2.18 bits per heavy atom. The van der Waals surface area contributed by atoms with Gasteiger partial charge in [-0.1, -0.05) is 13.0 Å². The topological polar surface area (TPSA) is 28.2 Å². The van der Waals surface area contributed by atoms with Gasteiger partial charge in [0.2, 0.25) is 0 Å². The lowest BCUT2D eigenvalue weighted by Crippen LogP contribution is -2.37. The summed E-state index contributed by atoms with van der Waals surface area (Å²) in [5.41, 5.74) is 1.12. The normalized spacial score (nSPS) is 18.4. The van der Waals surface area contributed by atoms with Gasteiger partial charge in [-0.25, -0.2) is 0 Å². The second-order valence-corrected chi connectivity index (χ2v) is 5.02. The summed E-state index contributed by atoms with van der Waals surface area (Å²) < 4.78 is 0. The summed E-state index contributed by atoms with van der Waals surface area (Å²) >= 11 is 0. The minimum atomic E-state index is 0.880. The molecule has 2 heterocycles. The van der Waals surface area contributed by atoms with E-state index >= 15 is 0 Å². The van der Waals surface area contributed by atoms with Crippen molar-refractivity contribution in [2.24, 2.45) is 5.92 Å². The van der Waals surface area contributed by atoms with Crippen LogP contribution < -0.4 is 5.32 Å². The first-order valence-corrected chi connectivity index (χ1v) is 6.67. The smallest absolute Gasteiger partial charge is 0.0541 e. The Hall–Kier alpha value is -0.930. The lowest BCUT2D eigenvalue weighted by Gasteiger charge is -2.30. The van der Waals surface area contributed by atoms with E-state index in [9.17, 15) is 0 Å². The van der Waals surface area contributed by atoms with Crippen LogP contribution in [0.2, 0.25) is 0 Å². The third-order valence-electron chi connectivity index (χ3n) is 3.51. The fraction of sp³-hybridized carbons (Fsp3) is 0.643. The zero-order chi connectivity index (χ0) is 11.9. The fourth-order valence-corrected chi connectivity index (χ4v) is 2.24. The van der Waals surface area contributed by atoms with E-state index in [4.69, 9.17) is 0 Å². The van der Waals surface area contributed by atoms with E-state index in [1.807, 2.05) is 18.3 Å². The quantitative estimate of drug-likeness (QED) is 0.787. The molecule has 3 heteroatoms. The molecule has 0 bridgehead atoms. The maximum absolute atomic E-state index is 4.30. The highest BCUT2D eigenvalue weighted by Gasteiger charge is 2.14. The second-order valence-electron chi connectivity index (χ2n) is 5.02. The molecule has 17 heavy (non-hydrogen) atoms. The van der Waals surface area contributed by atoms with E-state index in [2.05, 4.69) is 28.2 Å². The molecule has 0 amide bonds. The Kier molecular flexibility index (Phi) is 4.95. The van der Waals surface area contributed by atoms with E-state index in [1.165, 1.54) is 32.5 Å². The molecule has 1 aromatic rings. The molecule has 1 N–H and O–H groups in total. The SMILES string of the molecule is CC1CCN(CCNCc2ccccn2)CC1. The predicted molar refractivity (Wildman–Crippen MR) is 70.8 cm³/mol. The average Bonchev–Trinajstić information content (AvgIpc) is 2.38. The molecule has 0 saturated carbocycles. The minimum absolute atomic E-state index is 0.880. The third-order valence-corrected chi connectivity index (χ3v) is 3.51. The van der Waals surface area contributed by atoms with Gasteiger partial charge in [0.15, 0.2) is 0 Å². The van der Waals surface area contributed by atoms with E-state index in [0.717, 1.165) is 24.7 Å². The maximum Gasteiger partial charge on any atom is 0.0541 e. The first-order chi connectivity index (χ1) is 8.34. The molecule has 0 unspecified atom stereocenters. The van der Waals surface area contributed by atoms with Gasteiger partial charge in [-0.2, -0.15) is 0 Å². The van der Waals surface area contributed by atoms with Crippen molar-refractivity contribution in [3.63, 3.8) is 0 Å². The molecular formula is C14H23N3. The summed E-state index contributed by atoms with van der Waals surface area (Å²) in [4.78, 5) is 6.86. The summed E-state index contributed by atoms with van der Waals surface area (Å²) in [5, 5.41) is 3.46. The van der Waals surface area contributed by atoms with Crippen LogP contribution in [0.15, 0.2) is 24.4 Å². The van der Waals surface area contributed by atoms with Gasteiger partial charge in [-0.05, 0) is 44.0 Å². The van der Waals surface area contributed by atoms with Crippen molar-refractivity contribution in [1.29, 1.82) is 0 Å². The lowest BCUT2D eigenvalue weighted by atomic mass is 9.99. The van der Waals surface area contributed by atoms with Crippen molar-refractivity contribution in [2.45, 2.75) is 26.3 Å². The Balaban J connectivity index is 1.57. The van der Waals surface area contributed by atoms with E-state index in [-0.39, 0.29) is 0 Å². The fourth-order valence-electron chi connectivity index (χ4n) is 2.24. The van der Waals surface area contributed by atoms with Crippen LogP contribution in [-0.4, -0.2) is 36.1 Å². The highest BCUT2D eigenvalue weighted by Crippen LogP contribution is 2.14. The number of nitrogens with zero attached hydrogens (tertiary/aromatic N) is 2. The molecule has 0 aliphatic carbocycles. The molecule has 1 aliphatic rings. The molecule has 0 atom stereocenters. The van der Waals surface area contributed by atoms with Crippen LogP contribution in [-0.2, 0) is 6.54 Å². The lowest BCUT2D eigenvalue weighted by molar-refractivity contribution is 0.193. The molecule has 0 spiro atoms.